The highest BCUT2D eigenvalue weighted by Gasteiger charge is 2.38. The van der Waals surface area contributed by atoms with Gasteiger partial charge in [0, 0.05) is 23.1 Å². The van der Waals surface area contributed by atoms with Crippen molar-refractivity contribution < 1.29 is 19.8 Å². The minimum atomic E-state index is -1.25. The number of hydrogen-bond acceptors (Lipinski definition) is 3. The Morgan fingerprint density at radius 1 is 1.00 bits per heavy atom. The molecule has 0 saturated heterocycles. The lowest BCUT2D eigenvalue weighted by Gasteiger charge is -2.25. The van der Waals surface area contributed by atoms with Gasteiger partial charge in [0.15, 0.2) is 6.04 Å². The maximum absolute atomic E-state index is 12.7. The van der Waals surface area contributed by atoms with E-state index in [1.165, 1.54) is 4.90 Å². The average Bonchev–Trinajstić information content (AvgIpc) is 2.94. The van der Waals surface area contributed by atoms with Crippen LogP contribution in [0.1, 0.15) is 27.5 Å². The van der Waals surface area contributed by atoms with Crippen LogP contribution in [0, 0.1) is 0 Å². The number of phenolic OH excluding ortho intramolecular Hbond substituents is 1. The van der Waals surface area contributed by atoms with Crippen LogP contribution in [0.25, 0.3) is 10.8 Å². The Labute approximate surface area is 143 Å². The molecule has 0 fully saturated rings. The molecule has 1 unspecified atom stereocenters. The van der Waals surface area contributed by atoms with E-state index < -0.39 is 12.0 Å². The van der Waals surface area contributed by atoms with Crippen molar-refractivity contribution in [1.82, 2.24) is 4.90 Å². The van der Waals surface area contributed by atoms with Crippen LogP contribution in [-0.4, -0.2) is 27.0 Å². The van der Waals surface area contributed by atoms with Gasteiger partial charge in [0.2, 0.25) is 0 Å². The van der Waals surface area contributed by atoms with Crippen LogP contribution in [0.15, 0.2) is 60.7 Å². The van der Waals surface area contributed by atoms with Gasteiger partial charge in [-0.3, -0.25) is 4.79 Å². The number of benzene rings is 3. The first-order chi connectivity index (χ1) is 12.1. The fourth-order valence-corrected chi connectivity index (χ4v) is 3.41. The maximum atomic E-state index is 12.7. The molecule has 0 aliphatic carbocycles. The van der Waals surface area contributed by atoms with Gasteiger partial charge in [0.25, 0.3) is 5.91 Å². The SMILES string of the molecule is O=C(O)C(c1ccc2ccccc2c1O)N1Cc2ccccc2C1=O. The van der Waals surface area contributed by atoms with E-state index in [4.69, 9.17) is 0 Å². The molecule has 4 rings (SSSR count). The summed E-state index contributed by atoms with van der Waals surface area (Å²) < 4.78 is 0. The first-order valence-electron chi connectivity index (χ1n) is 7.90. The zero-order valence-electron chi connectivity index (χ0n) is 13.2. The van der Waals surface area contributed by atoms with E-state index in [-0.39, 0.29) is 23.8 Å². The van der Waals surface area contributed by atoms with Crippen molar-refractivity contribution in [3.05, 3.63) is 77.4 Å². The average molecular weight is 333 g/mol. The van der Waals surface area contributed by atoms with Gasteiger partial charge in [-0.05, 0) is 17.0 Å². The first-order valence-corrected chi connectivity index (χ1v) is 7.90. The molecule has 1 atom stereocenters. The molecule has 5 heteroatoms. The van der Waals surface area contributed by atoms with Crippen LogP contribution >= 0.6 is 0 Å². The van der Waals surface area contributed by atoms with E-state index in [2.05, 4.69) is 0 Å². The standard InChI is InChI=1S/C20H15NO4/c22-18-14-7-3-1-5-12(14)9-10-16(18)17(20(24)25)21-11-13-6-2-4-8-15(13)19(21)23/h1-10,17,22H,11H2,(H,24,25). The quantitative estimate of drug-likeness (QED) is 0.771. The number of carboxylic acids is 1. The molecule has 0 bridgehead atoms. The third-order valence-electron chi connectivity index (χ3n) is 4.62. The number of carboxylic acid groups (broad SMARTS) is 1. The molecular formula is C20H15NO4. The molecule has 1 aliphatic rings. The van der Waals surface area contributed by atoms with Gasteiger partial charge in [-0.25, -0.2) is 4.79 Å². The van der Waals surface area contributed by atoms with Gasteiger partial charge in [-0.1, -0.05) is 54.6 Å². The number of carbonyl (C=O) groups is 2. The Morgan fingerprint density at radius 3 is 2.48 bits per heavy atom. The smallest absolute Gasteiger partial charge is 0.331 e. The fraction of sp³-hybridized carbons (Fsp3) is 0.100. The molecule has 2 N–H and O–H groups in total. The van der Waals surface area contributed by atoms with Gasteiger partial charge < -0.3 is 15.1 Å². The molecule has 25 heavy (non-hydrogen) atoms. The van der Waals surface area contributed by atoms with E-state index in [9.17, 15) is 19.8 Å². The third-order valence-corrected chi connectivity index (χ3v) is 4.62. The van der Waals surface area contributed by atoms with Crippen LogP contribution < -0.4 is 0 Å². The van der Waals surface area contributed by atoms with Gasteiger partial charge in [-0.15, -0.1) is 0 Å². The fourth-order valence-electron chi connectivity index (χ4n) is 3.41. The molecule has 0 spiro atoms. The number of aromatic hydroxyl groups is 1. The van der Waals surface area contributed by atoms with Crippen LogP contribution in [0.4, 0.5) is 0 Å². The van der Waals surface area contributed by atoms with Crippen molar-refractivity contribution in [2.75, 3.05) is 0 Å². The van der Waals surface area contributed by atoms with Gasteiger partial charge in [-0.2, -0.15) is 0 Å². The van der Waals surface area contributed by atoms with Gasteiger partial charge in [0.1, 0.15) is 5.75 Å². The normalized spacial score (nSPS) is 14.6. The van der Waals surface area contributed by atoms with Crippen molar-refractivity contribution in [2.24, 2.45) is 0 Å². The summed E-state index contributed by atoms with van der Waals surface area (Å²) in [5, 5.41) is 21.8. The molecule has 124 valence electrons. The number of phenols is 1. The van der Waals surface area contributed by atoms with Crippen LogP contribution in [0.5, 0.6) is 5.75 Å². The highest BCUT2D eigenvalue weighted by molar-refractivity contribution is 6.01. The minimum absolute atomic E-state index is 0.103. The Bertz CT molecular complexity index is 1010. The van der Waals surface area contributed by atoms with Crippen molar-refractivity contribution in [3.8, 4) is 5.75 Å². The van der Waals surface area contributed by atoms with Crippen LogP contribution in [-0.2, 0) is 11.3 Å². The predicted molar refractivity (Wildman–Crippen MR) is 92.3 cm³/mol. The first kappa shape index (κ1) is 15.2. The lowest BCUT2D eigenvalue weighted by atomic mass is 9.99. The molecule has 1 aliphatic heterocycles. The number of rotatable bonds is 3. The highest BCUT2D eigenvalue weighted by atomic mass is 16.4. The zero-order chi connectivity index (χ0) is 17.6. The Hall–Kier alpha value is -3.34. The summed E-state index contributed by atoms with van der Waals surface area (Å²) in [6.45, 7) is 0.207. The van der Waals surface area contributed by atoms with Crippen LogP contribution in [0.2, 0.25) is 0 Å². The molecule has 3 aromatic rings. The lowest BCUT2D eigenvalue weighted by Crippen LogP contribution is -2.34. The van der Waals surface area contributed by atoms with E-state index in [1.54, 1.807) is 36.4 Å². The molecule has 1 amide bonds. The van der Waals surface area contributed by atoms with Crippen molar-refractivity contribution in [2.45, 2.75) is 12.6 Å². The topological polar surface area (TPSA) is 77.8 Å². The Kier molecular flexibility index (Phi) is 3.42. The Morgan fingerprint density at radius 2 is 1.72 bits per heavy atom. The predicted octanol–water partition coefficient (Wildman–Crippen LogP) is 3.33. The molecule has 0 saturated carbocycles. The second kappa shape index (κ2) is 5.63. The summed E-state index contributed by atoms with van der Waals surface area (Å²) in [6, 6.07) is 16.4. The maximum Gasteiger partial charge on any atom is 0.331 e. The summed E-state index contributed by atoms with van der Waals surface area (Å²) in [7, 11) is 0. The minimum Gasteiger partial charge on any atom is -0.507 e. The summed E-state index contributed by atoms with van der Waals surface area (Å²) >= 11 is 0. The van der Waals surface area contributed by atoms with E-state index in [0.29, 0.717) is 10.9 Å². The van der Waals surface area contributed by atoms with Gasteiger partial charge >= 0.3 is 5.97 Å². The molecule has 0 aromatic heterocycles. The van der Waals surface area contributed by atoms with Crippen molar-refractivity contribution in [1.29, 1.82) is 0 Å². The third kappa shape index (κ3) is 2.32. The number of fused-ring (bicyclic) bond motifs is 2. The van der Waals surface area contributed by atoms with E-state index >= 15 is 0 Å². The zero-order valence-corrected chi connectivity index (χ0v) is 13.2. The lowest BCUT2D eigenvalue weighted by molar-refractivity contribution is -0.142. The molecular weight excluding hydrogens is 318 g/mol. The largest absolute Gasteiger partial charge is 0.507 e. The molecule has 3 aromatic carbocycles. The summed E-state index contributed by atoms with van der Waals surface area (Å²) in [4.78, 5) is 25.9. The van der Waals surface area contributed by atoms with Crippen molar-refractivity contribution in [3.63, 3.8) is 0 Å². The van der Waals surface area contributed by atoms with Gasteiger partial charge in [0.05, 0.1) is 0 Å². The molecule has 0 radical (unpaired) electrons. The summed E-state index contributed by atoms with van der Waals surface area (Å²) in [5.41, 5.74) is 1.51. The highest BCUT2D eigenvalue weighted by Crippen LogP contribution is 2.38. The van der Waals surface area contributed by atoms with Crippen LogP contribution in [0.3, 0.4) is 0 Å². The second-order valence-corrected chi connectivity index (χ2v) is 6.06. The van der Waals surface area contributed by atoms with E-state index in [0.717, 1.165) is 10.9 Å². The Balaban J connectivity index is 1.83. The number of hydrogen-bond donors (Lipinski definition) is 2. The number of amides is 1. The number of nitrogens with zero attached hydrogens (tertiary/aromatic N) is 1. The molecule has 5 nitrogen and oxygen atoms in total. The molecule has 1 heterocycles. The monoisotopic (exact) mass is 333 g/mol. The second-order valence-electron chi connectivity index (χ2n) is 6.06. The van der Waals surface area contributed by atoms with E-state index in [1.807, 2.05) is 24.3 Å². The number of aliphatic carboxylic acids is 1. The number of carbonyl (C=O) groups excluding carboxylic acids is 1. The summed E-state index contributed by atoms with van der Waals surface area (Å²) in [5.74, 6) is -1.61. The van der Waals surface area contributed by atoms with Crippen molar-refractivity contribution >= 4 is 22.6 Å². The summed E-state index contributed by atoms with van der Waals surface area (Å²) in [6.07, 6.45) is 0.